The number of hydrogen-bond acceptors (Lipinski definition) is 7. The fourth-order valence-corrected chi connectivity index (χ4v) is 2.15. The molecular formula is C15H11ClN4O6. The number of hydrazone groups is 1. The maximum atomic E-state index is 12.2. The van der Waals surface area contributed by atoms with Crippen LogP contribution in [-0.2, 0) is 0 Å². The first-order valence-electron chi connectivity index (χ1n) is 6.93. The van der Waals surface area contributed by atoms with Crippen LogP contribution in [0, 0.1) is 20.2 Å². The molecule has 134 valence electrons. The Hall–Kier alpha value is -3.53. The number of nitrogens with zero attached hydrogens (tertiary/aromatic N) is 3. The van der Waals surface area contributed by atoms with Crippen LogP contribution in [0.3, 0.4) is 0 Å². The molecule has 2 aromatic carbocycles. The number of hydrogen-bond donors (Lipinski definition) is 1. The Kier molecular flexibility index (Phi) is 5.81. The molecule has 1 amide bonds. The van der Waals surface area contributed by atoms with Gasteiger partial charge in [0.2, 0.25) is 0 Å². The molecule has 10 nitrogen and oxygen atoms in total. The topological polar surface area (TPSA) is 137 Å². The SMILES string of the molecule is COc1ccc([N+](=O)[O-])cc1C(=O)N/N=C\c1ccc(Cl)c([N+](=O)[O-])c1. The van der Waals surface area contributed by atoms with Gasteiger partial charge in [-0.2, -0.15) is 5.10 Å². The van der Waals surface area contributed by atoms with Gasteiger partial charge < -0.3 is 4.74 Å². The van der Waals surface area contributed by atoms with Crippen LogP contribution in [0.5, 0.6) is 5.75 Å². The van der Waals surface area contributed by atoms with Gasteiger partial charge in [0, 0.05) is 23.8 Å². The molecule has 0 unspecified atom stereocenters. The maximum absolute atomic E-state index is 12.2. The lowest BCUT2D eigenvalue weighted by Gasteiger charge is -2.06. The number of methoxy groups -OCH3 is 1. The Morgan fingerprint density at radius 1 is 1.19 bits per heavy atom. The van der Waals surface area contributed by atoms with E-state index in [-0.39, 0.29) is 27.7 Å². The molecule has 1 N–H and O–H groups in total. The minimum atomic E-state index is -0.745. The molecule has 26 heavy (non-hydrogen) atoms. The van der Waals surface area contributed by atoms with E-state index in [0.717, 1.165) is 6.07 Å². The fraction of sp³-hybridized carbons (Fsp3) is 0.0667. The summed E-state index contributed by atoms with van der Waals surface area (Å²) in [5.41, 5.74) is 1.83. The summed E-state index contributed by atoms with van der Waals surface area (Å²) in [6.45, 7) is 0. The lowest BCUT2D eigenvalue weighted by molar-refractivity contribution is -0.385. The van der Waals surface area contributed by atoms with E-state index in [2.05, 4.69) is 10.5 Å². The van der Waals surface area contributed by atoms with Crippen molar-refractivity contribution in [1.82, 2.24) is 5.43 Å². The first-order valence-corrected chi connectivity index (χ1v) is 7.31. The Morgan fingerprint density at radius 2 is 1.92 bits per heavy atom. The summed E-state index contributed by atoms with van der Waals surface area (Å²) in [7, 11) is 1.31. The van der Waals surface area contributed by atoms with E-state index in [1.54, 1.807) is 0 Å². The molecule has 0 atom stereocenters. The summed E-state index contributed by atoms with van der Waals surface area (Å²) < 4.78 is 5.00. The third-order valence-corrected chi connectivity index (χ3v) is 3.50. The Balaban J connectivity index is 2.19. The first kappa shape index (κ1) is 18.8. The quantitative estimate of drug-likeness (QED) is 0.466. The third-order valence-electron chi connectivity index (χ3n) is 3.19. The molecule has 0 aliphatic heterocycles. The Bertz CT molecular complexity index is 915. The number of benzene rings is 2. The number of carbonyl (C=O) groups excluding carboxylic acids is 1. The average molecular weight is 379 g/mol. The number of halogens is 1. The Labute approximate surface area is 151 Å². The molecule has 0 bridgehead atoms. The van der Waals surface area contributed by atoms with Gasteiger partial charge in [0.25, 0.3) is 17.3 Å². The number of carbonyl (C=O) groups is 1. The molecule has 2 rings (SSSR count). The van der Waals surface area contributed by atoms with Gasteiger partial charge in [-0.05, 0) is 12.1 Å². The van der Waals surface area contributed by atoms with Crippen molar-refractivity contribution in [2.24, 2.45) is 5.10 Å². The number of rotatable bonds is 6. The first-order chi connectivity index (χ1) is 12.3. The monoisotopic (exact) mass is 378 g/mol. The number of ether oxygens (including phenoxy) is 1. The zero-order chi connectivity index (χ0) is 19.3. The van der Waals surface area contributed by atoms with Gasteiger partial charge in [0.05, 0.1) is 28.7 Å². The molecule has 11 heteroatoms. The Morgan fingerprint density at radius 3 is 2.54 bits per heavy atom. The van der Waals surface area contributed by atoms with Gasteiger partial charge in [-0.3, -0.25) is 25.0 Å². The van der Waals surface area contributed by atoms with E-state index in [0.29, 0.717) is 5.56 Å². The summed E-state index contributed by atoms with van der Waals surface area (Å²) in [6.07, 6.45) is 1.17. The highest BCUT2D eigenvalue weighted by atomic mass is 35.5. The third kappa shape index (κ3) is 4.30. The van der Waals surface area contributed by atoms with Crippen molar-refractivity contribution >= 4 is 35.1 Å². The van der Waals surface area contributed by atoms with Gasteiger partial charge in [-0.25, -0.2) is 5.43 Å². The molecule has 0 aliphatic rings. The summed E-state index contributed by atoms with van der Waals surface area (Å²) in [5.74, 6) is -0.615. The van der Waals surface area contributed by atoms with E-state index in [1.165, 1.54) is 43.7 Å². The normalized spacial score (nSPS) is 10.5. The highest BCUT2D eigenvalue weighted by Gasteiger charge is 2.17. The average Bonchev–Trinajstić information content (AvgIpc) is 2.62. The van der Waals surface area contributed by atoms with Gasteiger partial charge in [-0.1, -0.05) is 17.7 Å². The molecule has 2 aromatic rings. The van der Waals surface area contributed by atoms with E-state index < -0.39 is 15.8 Å². The lowest BCUT2D eigenvalue weighted by atomic mass is 10.1. The van der Waals surface area contributed by atoms with Crippen LogP contribution in [0.1, 0.15) is 15.9 Å². The standard InChI is InChI=1S/C15H11ClN4O6/c1-26-14-5-3-10(19(22)23)7-11(14)15(21)18-17-8-9-2-4-12(16)13(6-9)20(24)25/h2-8H,1H3,(H,18,21)/b17-8-. The highest BCUT2D eigenvalue weighted by molar-refractivity contribution is 6.32. The summed E-state index contributed by atoms with van der Waals surface area (Å²) in [6, 6.07) is 7.53. The van der Waals surface area contributed by atoms with E-state index in [1.807, 2.05) is 0 Å². The second kappa shape index (κ2) is 8.03. The van der Waals surface area contributed by atoms with Crippen molar-refractivity contribution in [1.29, 1.82) is 0 Å². The van der Waals surface area contributed by atoms with Gasteiger partial charge in [0.15, 0.2) is 0 Å². The van der Waals surface area contributed by atoms with Crippen LogP contribution >= 0.6 is 11.6 Å². The zero-order valence-corrected chi connectivity index (χ0v) is 14.0. The molecular weight excluding hydrogens is 368 g/mol. The summed E-state index contributed by atoms with van der Waals surface area (Å²) >= 11 is 5.70. The molecule has 0 fully saturated rings. The van der Waals surface area contributed by atoms with E-state index >= 15 is 0 Å². The number of nitro benzene ring substituents is 2. The highest BCUT2D eigenvalue weighted by Crippen LogP contribution is 2.25. The summed E-state index contributed by atoms with van der Waals surface area (Å²) in [4.78, 5) is 32.5. The van der Waals surface area contributed by atoms with Crippen LogP contribution in [-0.4, -0.2) is 29.1 Å². The van der Waals surface area contributed by atoms with Crippen LogP contribution in [0.2, 0.25) is 5.02 Å². The molecule has 0 saturated heterocycles. The minimum Gasteiger partial charge on any atom is -0.496 e. The van der Waals surface area contributed by atoms with Crippen molar-refractivity contribution in [3.05, 3.63) is 72.8 Å². The smallest absolute Gasteiger partial charge is 0.288 e. The molecule has 0 saturated carbocycles. The van der Waals surface area contributed by atoms with Crippen molar-refractivity contribution in [3.8, 4) is 5.75 Å². The van der Waals surface area contributed by atoms with Crippen molar-refractivity contribution in [2.45, 2.75) is 0 Å². The number of nitro groups is 2. The molecule has 0 aliphatic carbocycles. The predicted octanol–water partition coefficient (Wildman–Crippen LogP) is 2.93. The maximum Gasteiger partial charge on any atom is 0.288 e. The van der Waals surface area contributed by atoms with Gasteiger partial charge in [-0.15, -0.1) is 0 Å². The largest absolute Gasteiger partial charge is 0.496 e. The van der Waals surface area contributed by atoms with Crippen molar-refractivity contribution in [3.63, 3.8) is 0 Å². The fourth-order valence-electron chi connectivity index (χ4n) is 1.96. The van der Waals surface area contributed by atoms with Crippen LogP contribution in [0.15, 0.2) is 41.5 Å². The van der Waals surface area contributed by atoms with Crippen LogP contribution in [0.4, 0.5) is 11.4 Å². The zero-order valence-electron chi connectivity index (χ0n) is 13.2. The van der Waals surface area contributed by atoms with Gasteiger partial charge >= 0.3 is 0 Å². The minimum absolute atomic E-state index is 0.0301. The molecule has 0 heterocycles. The van der Waals surface area contributed by atoms with Crippen LogP contribution < -0.4 is 10.2 Å². The van der Waals surface area contributed by atoms with E-state index in [4.69, 9.17) is 16.3 Å². The second-order valence-corrected chi connectivity index (χ2v) is 5.22. The van der Waals surface area contributed by atoms with Crippen molar-refractivity contribution in [2.75, 3.05) is 7.11 Å². The number of amides is 1. The molecule has 0 spiro atoms. The second-order valence-electron chi connectivity index (χ2n) is 4.81. The number of nitrogens with one attached hydrogen (secondary N) is 1. The van der Waals surface area contributed by atoms with Crippen molar-refractivity contribution < 1.29 is 19.4 Å². The van der Waals surface area contributed by atoms with Crippen LogP contribution in [0.25, 0.3) is 0 Å². The van der Waals surface area contributed by atoms with Gasteiger partial charge in [0.1, 0.15) is 10.8 Å². The van der Waals surface area contributed by atoms with E-state index in [9.17, 15) is 25.0 Å². The molecule has 0 radical (unpaired) electrons. The lowest BCUT2D eigenvalue weighted by Crippen LogP contribution is -2.18. The molecule has 0 aromatic heterocycles. The summed E-state index contributed by atoms with van der Waals surface area (Å²) in [5, 5.41) is 25.3. The number of non-ortho nitro benzene ring substituents is 1. The predicted molar refractivity (Wildman–Crippen MR) is 92.8 cm³/mol.